The molecule has 0 saturated carbocycles. The van der Waals surface area contributed by atoms with Crippen molar-refractivity contribution in [3.63, 3.8) is 0 Å². The van der Waals surface area contributed by atoms with Crippen LogP contribution in [0.5, 0.6) is 0 Å². The standard InChI is InChI=1S/C34H31NP2/c1-6-16-28(17-7-1)33-26-27-34(29-18-8-2-9-19-29)37(33)35(30-20-10-3-11-21-30)36(31-22-12-4-13-23-31)32-24-14-5-15-25-32/h1-25,33-34H,26-27H2. The lowest BCUT2D eigenvalue weighted by Gasteiger charge is -2.44. The van der Waals surface area contributed by atoms with Crippen molar-refractivity contribution in [2.75, 3.05) is 4.44 Å². The molecular weight excluding hydrogens is 484 g/mol. The predicted octanol–water partition coefficient (Wildman–Crippen LogP) is 9.21. The van der Waals surface area contributed by atoms with E-state index in [-0.39, 0.29) is 0 Å². The summed E-state index contributed by atoms with van der Waals surface area (Å²) in [6.07, 6.45) is 2.43. The summed E-state index contributed by atoms with van der Waals surface area (Å²) in [5, 5.41) is 2.81. The van der Waals surface area contributed by atoms with E-state index in [1.165, 1.54) is 40.3 Å². The lowest BCUT2D eigenvalue weighted by atomic mass is 10.0. The van der Waals surface area contributed by atoms with Crippen LogP contribution in [0.2, 0.25) is 0 Å². The molecule has 0 aliphatic carbocycles. The lowest BCUT2D eigenvalue weighted by molar-refractivity contribution is 0.765. The van der Waals surface area contributed by atoms with Crippen LogP contribution in [0.3, 0.4) is 0 Å². The fourth-order valence-electron chi connectivity index (χ4n) is 5.47. The molecule has 0 radical (unpaired) electrons. The van der Waals surface area contributed by atoms with Gasteiger partial charge in [0, 0.05) is 35.7 Å². The quantitative estimate of drug-likeness (QED) is 0.195. The van der Waals surface area contributed by atoms with Crippen LogP contribution in [-0.4, -0.2) is 0 Å². The minimum atomic E-state index is -0.773. The first-order valence-corrected chi connectivity index (χ1v) is 15.8. The Labute approximate surface area is 223 Å². The number of anilines is 1. The van der Waals surface area contributed by atoms with Crippen LogP contribution in [0.4, 0.5) is 5.69 Å². The molecule has 0 bridgehead atoms. The highest BCUT2D eigenvalue weighted by molar-refractivity contribution is 7.85. The summed E-state index contributed by atoms with van der Waals surface area (Å²) < 4.78 is 2.87. The van der Waals surface area contributed by atoms with Crippen LogP contribution in [0.15, 0.2) is 152 Å². The fourth-order valence-corrected chi connectivity index (χ4v) is 12.8. The molecule has 0 spiro atoms. The Kier molecular flexibility index (Phi) is 7.45. The normalized spacial score (nSPS) is 19.1. The largest absolute Gasteiger partial charge is 0.320 e. The third kappa shape index (κ3) is 5.13. The van der Waals surface area contributed by atoms with Crippen molar-refractivity contribution in [2.45, 2.75) is 24.2 Å². The maximum Gasteiger partial charge on any atom is 0.0585 e. The van der Waals surface area contributed by atoms with E-state index in [1.54, 1.807) is 0 Å². The Morgan fingerprint density at radius 2 is 0.811 bits per heavy atom. The predicted molar refractivity (Wildman–Crippen MR) is 163 cm³/mol. The zero-order valence-electron chi connectivity index (χ0n) is 20.8. The molecule has 2 atom stereocenters. The second-order valence-electron chi connectivity index (χ2n) is 9.42. The smallest absolute Gasteiger partial charge is 0.0585 e. The van der Waals surface area contributed by atoms with Crippen LogP contribution in [0.25, 0.3) is 0 Å². The van der Waals surface area contributed by atoms with Crippen LogP contribution in [0, 0.1) is 0 Å². The minimum absolute atomic E-state index is 0.513. The van der Waals surface area contributed by atoms with Gasteiger partial charge in [0.25, 0.3) is 0 Å². The number of hydrogen-bond donors (Lipinski definition) is 0. The Bertz CT molecular complexity index is 1290. The lowest BCUT2D eigenvalue weighted by Crippen LogP contribution is -2.26. The SMILES string of the molecule is c1ccc(C2CCC(c3ccccc3)P2N(c2ccccc2)P(c2ccccc2)c2ccccc2)cc1. The Morgan fingerprint density at radius 1 is 0.459 bits per heavy atom. The fraction of sp³-hybridized carbons (Fsp3) is 0.118. The van der Waals surface area contributed by atoms with Crippen molar-refractivity contribution in [1.29, 1.82) is 0 Å². The first-order chi connectivity index (χ1) is 18.4. The second-order valence-corrected chi connectivity index (χ2v) is 14.2. The van der Waals surface area contributed by atoms with E-state index < -0.39 is 16.1 Å². The molecule has 6 rings (SSSR count). The molecule has 1 saturated heterocycles. The van der Waals surface area contributed by atoms with Crippen LogP contribution in [-0.2, 0) is 0 Å². The second kappa shape index (κ2) is 11.4. The van der Waals surface area contributed by atoms with Gasteiger partial charge in [-0.25, -0.2) is 0 Å². The minimum Gasteiger partial charge on any atom is -0.320 e. The number of nitrogens with zero attached hydrogens (tertiary/aromatic N) is 1. The molecule has 5 aromatic rings. The van der Waals surface area contributed by atoms with E-state index >= 15 is 0 Å². The van der Waals surface area contributed by atoms with Gasteiger partial charge in [-0.3, -0.25) is 0 Å². The van der Waals surface area contributed by atoms with Gasteiger partial charge in [-0.1, -0.05) is 140 Å². The maximum absolute atomic E-state index is 2.87. The van der Waals surface area contributed by atoms with Crippen molar-refractivity contribution < 1.29 is 0 Å². The van der Waals surface area contributed by atoms with Gasteiger partial charge < -0.3 is 4.44 Å². The van der Waals surface area contributed by atoms with Crippen LogP contribution < -0.4 is 15.1 Å². The molecule has 3 heteroatoms. The highest BCUT2D eigenvalue weighted by Gasteiger charge is 2.44. The molecular formula is C34H31NP2. The zero-order valence-corrected chi connectivity index (χ0v) is 22.6. The van der Waals surface area contributed by atoms with Gasteiger partial charge in [-0.05, 0) is 36.1 Å². The molecule has 1 aliphatic heterocycles. The highest BCUT2D eigenvalue weighted by atomic mass is 31.2. The van der Waals surface area contributed by atoms with Gasteiger partial charge >= 0.3 is 0 Å². The van der Waals surface area contributed by atoms with E-state index in [0.717, 1.165) is 0 Å². The summed E-state index contributed by atoms with van der Waals surface area (Å²) in [6.45, 7) is 0. The summed E-state index contributed by atoms with van der Waals surface area (Å²) in [6, 6.07) is 56.1. The molecule has 0 aromatic heterocycles. The van der Waals surface area contributed by atoms with E-state index in [4.69, 9.17) is 0 Å². The molecule has 1 fully saturated rings. The van der Waals surface area contributed by atoms with Gasteiger partial charge in [0.2, 0.25) is 0 Å². The summed E-state index contributed by atoms with van der Waals surface area (Å²) >= 11 is 0. The van der Waals surface area contributed by atoms with Crippen molar-refractivity contribution in [2.24, 2.45) is 0 Å². The first-order valence-electron chi connectivity index (χ1n) is 13.0. The van der Waals surface area contributed by atoms with Gasteiger partial charge in [0.15, 0.2) is 0 Å². The Hall–Kier alpha value is -3.24. The molecule has 1 heterocycles. The molecule has 2 unspecified atom stereocenters. The number of para-hydroxylation sites is 1. The molecule has 182 valence electrons. The number of hydrogen-bond acceptors (Lipinski definition) is 1. The van der Waals surface area contributed by atoms with Crippen LogP contribution >= 0.6 is 16.1 Å². The average molecular weight is 516 g/mol. The van der Waals surface area contributed by atoms with Gasteiger partial charge in [0.05, 0.1) is 8.07 Å². The molecule has 37 heavy (non-hydrogen) atoms. The topological polar surface area (TPSA) is 3.24 Å². The van der Waals surface area contributed by atoms with E-state index in [2.05, 4.69) is 156 Å². The zero-order chi connectivity index (χ0) is 24.9. The van der Waals surface area contributed by atoms with Crippen molar-refractivity contribution >= 4 is 32.4 Å². The highest BCUT2D eigenvalue weighted by Crippen LogP contribution is 2.76. The van der Waals surface area contributed by atoms with E-state index in [9.17, 15) is 0 Å². The van der Waals surface area contributed by atoms with Crippen molar-refractivity contribution in [1.82, 2.24) is 0 Å². The molecule has 1 nitrogen and oxygen atoms in total. The summed E-state index contributed by atoms with van der Waals surface area (Å²) in [5.41, 5.74) is 5.31. The molecule has 0 amide bonds. The van der Waals surface area contributed by atoms with Gasteiger partial charge in [0.1, 0.15) is 0 Å². The van der Waals surface area contributed by atoms with Gasteiger partial charge in [-0.2, -0.15) is 0 Å². The van der Waals surface area contributed by atoms with E-state index in [0.29, 0.717) is 11.3 Å². The van der Waals surface area contributed by atoms with Crippen molar-refractivity contribution in [3.05, 3.63) is 163 Å². The Balaban J connectivity index is 1.58. The van der Waals surface area contributed by atoms with Gasteiger partial charge in [-0.15, -0.1) is 0 Å². The molecule has 5 aromatic carbocycles. The van der Waals surface area contributed by atoms with Crippen molar-refractivity contribution in [3.8, 4) is 0 Å². The van der Waals surface area contributed by atoms with E-state index in [1.807, 2.05) is 0 Å². The molecule has 0 N–H and O–H groups in total. The third-order valence-corrected chi connectivity index (χ3v) is 13.5. The summed E-state index contributed by atoms with van der Waals surface area (Å²) in [5.74, 6) is 0. The summed E-state index contributed by atoms with van der Waals surface area (Å²) in [4.78, 5) is 0. The maximum atomic E-state index is 2.87. The van der Waals surface area contributed by atoms with Crippen LogP contribution in [0.1, 0.15) is 35.3 Å². The molecule has 1 aliphatic rings. The number of rotatable bonds is 7. The monoisotopic (exact) mass is 515 g/mol. The Morgan fingerprint density at radius 3 is 1.22 bits per heavy atom. The average Bonchev–Trinajstić information content (AvgIpc) is 3.43. The third-order valence-electron chi connectivity index (χ3n) is 7.12. The summed E-state index contributed by atoms with van der Waals surface area (Å²) in [7, 11) is -1.36. The first kappa shape index (κ1) is 24.1. The number of benzene rings is 5.